The van der Waals surface area contributed by atoms with Crippen LogP contribution in [0, 0.1) is 6.92 Å². The van der Waals surface area contributed by atoms with Crippen LogP contribution in [0.25, 0.3) is 0 Å². The first-order chi connectivity index (χ1) is 8.37. The second-order valence-corrected chi connectivity index (χ2v) is 4.56. The fraction of sp³-hybridized carbons (Fsp3) is 0.615. The maximum atomic E-state index is 12.0. The Kier molecular flexibility index (Phi) is 5.59. The topological polar surface area (TPSA) is 24.9 Å². The molecule has 0 aliphatic rings. The molecule has 1 atom stereocenters. The van der Waals surface area contributed by atoms with Crippen molar-refractivity contribution in [3.05, 3.63) is 29.6 Å². The van der Waals surface area contributed by atoms with Crippen LogP contribution in [0.2, 0.25) is 0 Å². The van der Waals surface area contributed by atoms with Crippen LogP contribution in [-0.2, 0) is 6.54 Å². The number of rotatable bonds is 6. The number of nitrogens with one attached hydrogen (secondary N) is 1. The summed E-state index contributed by atoms with van der Waals surface area (Å²) in [5.74, 6) is 0. The number of alkyl halides is 3. The van der Waals surface area contributed by atoms with Crippen LogP contribution in [0.15, 0.2) is 18.2 Å². The van der Waals surface area contributed by atoms with E-state index in [1.54, 1.807) is 0 Å². The second-order valence-electron chi connectivity index (χ2n) is 4.56. The first kappa shape index (κ1) is 15.0. The zero-order valence-electron chi connectivity index (χ0n) is 10.7. The van der Waals surface area contributed by atoms with E-state index in [-0.39, 0.29) is 12.5 Å². The quantitative estimate of drug-likeness (QED) is 0.845. The van der Waals surface area contributed by atoms with Crippen LogP contribution < -0.4 is 5.32 Å². The zero-order chi connectivity index (χ0) is 13.6. The Morgan fingerprint density at radius 1 is 1.33 bits per heavy atom. The average Bonchev–Trinajstić information content (AvgIpc) is 2.25. The largest absolute Gasteiger partial charge is 0.389 e. The lowest BCUT2D eigenvalue weighted by Gasteiger charge is -2.14. The van der Waals surface area contributed by atoms with E-state index in [1.807, 2.05) is 32.0 Å². The van der Waals surface area contributed by atoms with Gasteiger partial charge in [0.1, 0.15) is 0 Å². The van der Waals surface area contributed by atoms with E-state index in [2.05, 4.69) is 10.3 Å². The third-order valence-corrected chi connectivity index (χ3v) is 2.68. The molecule has 0 saturated carbocycles. The molecule has 5 heteroatoms. The summed E-state index contributed by atoms with van der Waals surface area (Å²) in [5.41, 5.74) is 1.86. The van der Waals surface area contributed by atoms with Gasteiger partial charge in [-0.2, -0.15) is 13.2 Å². The van der Waals surface area contributed by atoms with E-state index in [9.17, 15) is 13.2 Å². The molecule has 1 heterocycles. The van der Waals surface area contributed by atoms with E-state index in [4.69, 9.17) is 0 Å². The Hall–Kier alpha value is -1.10. The zero-order valence-corrected chi connectivity index (χ0v) is 10.7. The molecule has 0 aliphatic carbocycles. The standard InChI is InChI=1S/C13H19F3N2/c1-10(6-4-8-13(14,15)16)17-9-12-7-3-5-11(2)18-12/h3,5,7,10,17H,4,6,8-9H2,1-2H3. The van der Waals surface area contributed by atoms with Gasteiger partial charge in [0.05, 0.1) is 5.69 Å². The van der Waals surface area contributed by atoms with Crippen molar-refractivity contribution in [2.45, 2.75) is 51.9 Å². The maximum Gasteiger partial charge on any atom is 0.389 e. The Balaban J connectivity index is 2.23. The minimum Gasteiger partial charge on any atom is -0.309 e. The monoisotopic (exact) mass is 260 g/mol. The maximum absolute atomic E-state index is 12.0. The summed E-state index contributed by atoms with van der Waals surface area (Å²) in [6, 6.07) is 5.81. The first-order valence-electron chi connectivity index (χ1n) is 6.09. The number of pyridine rings is 1. The third kappa shape index (κ3) is 6.59. The highest BCUT2D eigenvalue weighted by molar-refractivity contribution is 5.09. The van der Waals surface area contributed by atoms with Gasteiger partial charge in [0.25, 0.3) is 0 Å². The van der Waals surface area contributed by atoms with E-state index >= 15 is 0 Å². The average molecular weight is 260 g/mol. The lowest BCUT2D eigenvalue weighted by atomic mass is 10.1. The van der Waals surface area contributed by atoms with E-state index in [0.29, 0.717) is 13.0 Å². The van der Waals surface area contributed by atoms with Crippen LogP contribution in [0.3, 0.4) is 0 Å². The summed E-state index contributed by atoms with van der Waals surface area (Å²) in [6.07, 6.45) is -4.07. The van der Waals surface area contributed by atoms with Crippen molar-refractivity contribution in [3.63, 3.8) is 0 Å². The number of aromatic nitrogens is 1. The van der Waals surface area contributed by atoms with Crippen molar-refractivity contribution in [2.75, 3.05) is 0 Å². The number of hydrogen-bond acceptors (Lipinski definition) is 2. The van der Waals surface area contributed by atoms with Gasteiger partial charge in [0, 0.05) is 24.7 Å². The SMILES string of the molecule is Cc1cccc(CNC(C)CCCC(F)(F)F)n1. The molecule has 0 radical (unpaired) electrons. The fourth-order valence-electron chi connectivity index (χ4n) is 1.69. The molecule has 18 heavy (non-hydrogen) atoms. The van der Waals surface area contributed by atoms with Gasteiger partial charge in [-0.25, -0.2) is 0 Å². The number of hydrogen-bond donors (Lipinski definition) is 1. The lowest BCUT2D eigenvalue weighted by molar-refractivity contribution is -0.135. The van der Waals surface area contributed by atoms with Gasteiger partial charge in [-0.15, -0.1) is 0 Å². The highest BCUT2D eigenvalue weighted by atomic mass is 19.4. The second kappa shape index (κ2) is 6.73. The summed E-state index contributed by atoms with van der Waals surface area (Å²) in [5, 5.41) is 3.18. The summed E-state index contributed by atoms with van der Waals surface area (Å²) >= 11 is 0. The molecule has 1 unspecified atom stereocenters. The Morgan fingerprint density at radius 3 is 2.67 bits per heavy atom. The molecule has 2 nitrogen and oxygen atoms in total. The predicted molar refractivity (Wildman–Crippen MR) is 65.2 cm³/mol. The van der Waals surface area contributed by atoms with Crippen LogP contribution in [-0.4, -0.2) is 17.2 Å². The minimum atomic E-state index is -4.04. The summed E-state index contributed by atoms with van der Waals surface area (Å²) in [6.45, 7) is 4.40. The molecule has 102 valence electrons. The highest BCUT2D eigenvalue weighted by Crippen LogP contribution is 2.22. The molecule has 0 bridgehead atoms. The molecule has 0 saturated heterocycles. The Labute approximate surface area is 106 Å². The summed E-state index contributed by atoms with van der Waals surface area (Å²) in [7, 11) is 0. The van der Waals surface area contributed by atoms with Gasteiger partial charge in [-0.1, -0.05) is 6.07 Å². The van der Waals surface area contributed by atoms with Crippen molar-refractivity contribution in [1.82, 2.24) is 10.3 Å². The van der Waals surface area contributed by atoms with E-state index in [0.717, 1.165) is 11.4 Å². The van der Waals surface area contributed by atoms with E-state index < -0.39 is 12.6 Å². The molecule has 1 aromatic heterocycles. The Bertz CT molecular complexity index is 363. The molecule has 0 spiro atoms. The van der Waals surface area contributed by atoms with Crippen molar-refractivity contribution < 1.29 is 13.2 Å². The van der Waals surface area contributed by atoms with Crippen molar-refractivity contribution in [1.29, 1.82) is 0 Å². The fourth-order valence-corrected chi connectivity index (χ4v) is 1.69. The highest BCUT2D eigenvalue weighted by Gasteiger charge is 2.26. The number of nitrogens with zero attached hydrogens (tertiary/aromatic N) is 1. The molecule has 0 aliphatic heterocycles. The molecular weight excluding hydrogens is 241 g/mol. The lowest BCUT2D eigenvalue weighted by Crippen LogP contribution is -2.26. The van der Waals surface area contributed by atoms with Gasteiger partial charge in [0.15, 0.2) is 0 Å². The number of halogens is 3. The van der Waals surface area contributed by atoms with Gasteiger partial charge in [-0.3, -0.25) is 4.98 Å². The molecule has 0 amide bonds. The Morgan fingerprint density at radius 2 is 2.06 bits per heavy atom. The van der Waals surface area contributed by atoms with Crippen LogP contribution in [0.5, 0.6) is 0 Å². The molecule has 0 aromatic carbocycles. The molecule has 1 N–H and O–H groups in total. The number of aryl methyl sites for hydroxylation is 1. The summed E-state index contributed by atoms with van der Waals surface area (Å²) < 4.78 is 35.9. The molecule has 1 rings (SSSR count). The normalized spacial score (nSPS) is 13.6. The van der Waals surface area contributed by atoms with Crippen LogP contribution in [0.1, 0.15) is 37.6 Å². The third-order valence-electron chi connectivity index (χ3n) is 2.68. The first-order valence-corrected chi connectivity index (χ1v) is 6.09. The van der Waals surface area contributed by atoms with Gasteiger partial charge < -0.3 is 5.32 Å². The van der Waals surface area contributed by atoms with Crippen molar-refractivity contribution >= 4 is 0 Å². The van der Waals surface area contributed by atoms with E-state index in [1.165, 1.54) is 0 Å². The summed E-state index contributed by atoms with van der Waals surface area (Å²) in [4.78, 5) is 4.32. The minimum absolute atomic E-state index is 0.0645. The molecule has 1 aromatic rings. The van der Waals surface area contributed by atoms with Gasteiger partial charge in [0.2, 0.25) is 0 Å². The van der Waals surface area contributed by atoms with Crippen molar-refractivity contribution in [3.8, 4) is 0 Å². The predicted octanol–water partition coefficient (Wildman–Crippen LogP) is 3.60. The van der Waals surface area contributed by atoms with Gasteiger partial charge in [-0.05, 0) is 38.8 Å². The van der Waals surface area contributed by atoms with Crippen LogP contribution >= 0.6 is 0 Å². The molecular formula is C13H19F3N2. The molecule has 0 fully saturated rings. The van der Waals surface area contributed by atoms with Gasteiger partial charge >= 0.3 is 6.18 Å². The smallest absolute Gasteiger partial charge is 0.309 e. The van der Waals surface area contributed by atoms with Crippen LogP contribution in [0.4, 0.5) is 13.2 Å². The van der Waals surface area contributed by atoms with Crippen molar-refractivity contribution in [2.24, 2.45) is 0 Å².